The number of fused-ring (bicyclic) bond motifs is 2. The van der Waals surface area contributed by atoms with Crippen molar-refractivity contribution < 1.29 is 0 Å². The second-order valence-electron chi connectivity index (χ2n) is 16.4. The summed E-state index contributed by atoms with van der Waals surface area (Å²) in [6.45, 7) is 0. The van der Waals surface area contributed by atoms with Crippen LogP contribution in [0.15, 0.2) is 254 Å². The number of hydrogen-bond acceptors (Lipinski definition) is 1. The van der Waals surface area contributed by atoms with Crippen molar-refractivity contribution in [2.75, 3.05) is 4.90 Å². The lowest BCUT2D eigenvalue weighted by Gasteiger charge is -2.37. The van der Waals surface area contributed by atoms with Gasteiger partial charge in [0, 0.05) is 17.1 Å². The molecule has 62 heavy (non-hydrogen) atoms. The standard InChI is InChI=1S/C61H45N/c1-4-17-44(18-5-1)46-33-35-47(36-34-46)51-23-15-27-55(42-51)62(54-39-37-48(38-40-54)50-22-14-21-49(41-50)45-19-6-2-7-20-45)56-28-16-26-53(43-56)61(52-24-8-3-9-25-52)59-31-12-10-29-57(59)58-30-11-13-32-60(58)61/h1-12,14-31,33-43H,13,32H2. The van der Waals surface area contributed by atoms with Crippen molar-refractivity contribution in [1.82, 2.24) is 0 Å². The second-order valence-corrected chi connectivity index (χ2v) is 16.4. The first-order valence-corrected chi connectivity index (χ1v) is 21.7. The third-order valence-electron chi connectivity index (χ3n) is 12.8. The minimum Gasteiger partial charge on any atom is -0.310 e. The summed E-state index contributed by atoms with van der Waals surface area (Å²) in [5.74, 6) is 0. The second kappa shape index (κ2) is 16.0. The quantitative estimate of drug-likeness (QED) is 0.141. The Morgan fingerprint density at radius 1 is 0.339 bits per heavy atom. The summed E-state index contributed by atoms with van der Waals surface area (Å²) in [6.07, 6.45) is 6.76. The molecule has 11 rings (SSSR count). The van der Waals surface area contributed by atoms with E-state index in [1.165, 1.54) is 77.9 Å². The van der Waals surface area contributed by atoms with Crippen molar-refractivity contribution in [3.8, 4) is 44.5 Å². The van der Waals surface area contributed by atoms with E-state index in [0.717, 1.165) is 29.9 Å². The number of nitrogens with zero attached hydrogens (tertiary/aromatic N) is 1. The minimum atomic E-state index is -0.421. The Labute approximate surface area is 365 Å². The van der Waals surface area contributed by atoms with Gasteiger partial charge in [0.05, 0.1) is 5.41 Å². The van der Waals surface area contributed by atoms with E-state index in [1.54, 1.807) is 0 Å². The van der Waals surface area contributed by atoms with Gasteiger partial charge < -0.3 is 4.90 Å². The zero-order chi connectivity index (χ0) is 41.3. The average molecular weight is 792 g/mol. The van der Waals surface area contributed by atoms with Crippen LogP contribution in [0.4, 0.5) is 17.1 Å². The lowest BCUT2D eigenvalue weighted by molar-refractivity contribution is 0.696. The molecule has 2 aliphatic carbocycles. The van der Waals surface area contributed by atoms with Gasteiger partial charge in [0.15, 0.2) is 0 Å². The van der Waals surface area contributed by atoms with Crippen LogP contribution in [-0.2, 0) is 5.41 Å². The SMILES string of the molecule is C1=CC2=C(CC1)C(c1ccccc1)(c1cccc(N(c3ccc(-c4cccc(-c5ccccc5)c4)cc3)c3cccc(-c4ccc(-c5ccccc5)cc4)c3)c1)c1ccccc12. The number of hydrogen-bond donors (Lipinski definition) is 0. The topological polar surface area (TPSA) is 3.24 Å². The average Bonchev–Trinajstić information content (AvgIpc) is 3.66. The van der Waals surface area contributed by atoms with Gasteiger partial charge in [-0.05, 0) is 133 Å². The lowest BCUT2D eigenvalue weighted by Crippen LogP contribution is -2.30. The Hall–Kier alpha value is -7.74. The van der Waals surface area contributed by atoms with E-state index in [2.05, 4.69) is 254 Å². The number of anilines is 3. The molecule has 0 bridgehead atoms. The molecule has 0 fully saturated rings. The lowest BCUT2D eigenvalue weighted by atomic mass is 9.65. The zero-order valence-electron chi connectivity index (χ0n) is 34.5. The smallest absolute Gasteiger partial charge is 0.0677 e. The molecule has 1 nitrogen and oxygen atoms in total. The van der Waals surface area contributed by atoms with Crippen LogP contribution < -0.4 is 4.90 Å². The van der Waals surface area contributed by atoms with Crippen molar-refractivity contribution in [3.05, 3.63) is 277 Å². The summed E-state index contributed by atoms with van der Waals surface area (Å²) in [5, 5.41) is 0. The molecule has 1 atom stereocenters. The predicted molar refractivity (Wildman–Crippen MR) is 261 cm³/mol. The third-order valence-corrected chi connectivity index (χ3v) is 12.8. The number of benzene rings is 9. The normalized spacial score (nSPS) is 15.2. The Morgan fingerprint density at radius 2 is 0.806 bits per heavy atom. The fourth-order valence-corrected chi connectivity index (χ4v) is 9.98. The van der Waals surface area contributed by atoms with Gasteiger partial charge in [0.2, 0.25) is 0 Å². The maximum absolute atomic E-state index is 2.45. The van der Waals surface area contributed by atoms with E-state index < -0.39 is 5.41 Å². The predicted octanol–water partition coefficient (Wildman–Crippen LogP) is 16.3. The van der Waals surface area contributed by atoms with Gasteiger partial charge in [0.1, 0.15) is 0 Å². The third kappa shape index (κ3) is 6.60. The molecule has 0 saturated heterocycles. The summed E-state index contributed by atoms with van der Waals surface area (Å²) in [6, 6.07) is 86.7. The first-order valence-electron chi connectivity index (χ1n) is 21.7. The Morgan fingerprint density at radius 3 is 1.48 bits per heavy atom. The first kappa shape index (κ1) is 37.3. The van der Waals surface area contributed by atoms with Crippen molar-refractivity contribution in [3.63, 3.8) is 0 Å². The molecule has 1 heteroatoms. The van der Waals surface area contributed by atoms with Crippen LogP contribution in [0.5, 0.6) is 0 Å². The molecule has 9 aromatic carbocycles. The summed E-state index contributed by atoms with van der Waals surface area (Å²) in [7, 11) is 0. The van der Waals surface area contributed by atoms with Crippen LogP contribution in [0.2, 0.25) is 0 Å². The summed E-state index contributed by atoms with van der Waals surface area (Å²) >= 11 is 0. The van der Waals surface area contributed by atoms with E-state index >= 15 is 0 Å². The molecule has 0 amide bonds. The van der Waals surface area contributed by atoms with Crippen molar-refractivity contribution >= 4 is 22.6 Å². The maximum atomic E-state index is 2.45. The highest BCUT2D eigenvalue weighted by Gasteiger charge is 2.47. The van der Waals surface area contributed by atoms with Gasteiger partial charge in [-0.15, -0.1) is 0 Å². The van der Waals surface area contributed by atoms with Crippen LogP contribution in [-0.4, -0.2) is 0 Å². The molecule has 0 aliphatic heterocycles. The van der Waals surface area contributed by atoms with Gasteiger partial charge in [0.25, 0.3) is 0 Å². The molecule has 2 aliphatic rings. The molecule has 9 aromatic rings. The zero-order valence-corrected chi connectivity index (χ0v) is 34.5. The van der Waals surface area contributed by atoms with Gasteiger partial charge in [-0.3, -0.25) is 0 Å². The Bertz CT molecular complexity index is 3090. The number of rotatable bonds is 9. The Balaban J connectivity index is 1.06. The van der Waals surface area contributed by atoms with E-state index in [-0.39, 0.29) is 0 Å². The van der Waals surface area contributed by atoms with Gasteiger partial charge in [-0.1, -0.05) is 206 Å². The summed E-state index contributed by atoms with van der Waals surface area (Å²) in [4.78, 5) is 2.44. The molecule has 0 spiro atoms. The summed E-state index contributed by atoms with van der Waals surface area (Å²) in [5.41, 5.74) is 20.6. The molecule has 0 aromatic heterocycles. The van der Waals surface area contributed by atoms with Gasteiger partial charge in [-0.25, -0.2) is 0 Å². The fraction of sp³-hybridized carbons (Fsp3) is 0.0492. The molecular weight excluding hydrogens is 747 g/mol. The van der Waals surface area contributed by atoms with E-state index in [0.29, 0.717) is 0 Å². The highest BCUT2D eigenvalue weighted by molar-refractivity contribution is 5.91. The van der Waals surface area contributed by atoms with E-state index in [1.807, 2.05) is 0 Å². The van der Waals surface area contributed by atoms with E-state index in [4.69, 9.17) is 0 Å². The van der Waals surface area contributed by atoms with Crippen LogP contribution in [0, 0.1) is 0 Å². The van der Waals surface area contributed by atoms with Crippen LogP contribution in [0.3, 0.4) is 0 Å². The molecule has 0 heterocycles. The van der Waals surface area contributed by atoms with Crippen LogP contribution >= 0.6 is 0 Å². The largest absolute Gasteiger partial charge is 0.310 e. The van der Waals surface area contributed by atoms with Gasteiger partial charge in [-0.2, -0.15) is 0 Å². The Kier molecular flexibility index (Phi) is 9.64. The van der Waals surface area contributed by atoms with E-state index in [9.17, 15) is 0 Å². The maximum Gasteiger partial charge on any atom is 0.0677 e. The van der Waals surface area contributed by atoms with Crippen LogP contribution in [0.1, 0.15) is 35.1 Å². The molecular formula is C61H45N. The first-order chi connectivity index (χ1) is 30.7. The van der Waals surface area contributed by atoms with Crippen molar-refractivity contribution in [1.29, 1.82) is 0 Å². The van der Waals surface area contributed by atoms with Crippen molar-refractivity contribution in [2.45, 2.75) is 18.3 Å². The van der Waals surface area contributed by atoms with Crippen molar-refractivity contribution in [2.24, 2.45) is 0 Å². The molecule has 0 radical (unpaired) electrons. The van der Waals surface area contributed by atoms with Gasteiger partial charge >= 0.3 is 0 Å². The summed E-state index contributed by atoms with van der Waals surface area (Å²) < 4.78 is 0. The molecule has 1 unspecified atom stereocenters. The molecule has 0 N–H and O–H groups in total. The highest BCUT2D eigenvalue weighted by atomic mass is 15.1. The minimum absolute atomic E-state index is 0.421. The monoisotopic (exact) mass is 791 g/mol. The molecule has 0 saturated carbocycles. The van der Waals surface area contributed by atoms with Crippen LogP contribution in [0.25, 0.3) is 50.1 Å². The fourth-order valence-electron chi connectivity index (χ4n) is 9.98. The molecule has 294 valence electrons. The number of allylic oxidation sites excluding steroid dienone is 4. The highest BCUT2D eigenvalue weighted by Crippen LogP contribution is 2.57.